The van der Waals surface area contributed by atoms with Crippen LogP contribution in [0.4, 0.5) is 5.69 Å². The molecule has 0 radical (unpaired) electrons. The van der Waals surface area contributed by atoms with E-state index in [2.05, 4.69) is 11.8 Å². The zero-order valence-electron chi connectivity index (χ0n) is 11.8. The fourth-order valence-electron chi connectivity index (χ4n) is 2.03. The summed E-state index contributed by atoms with van der Waals surface area (Å²) in [5.74, 6) is 0. The van der Waals surface area contributed by atoms with Gasteiger partial charge in [-0.1, -0.05) is 24.4 Å². The Bertz CT molecular complexity index is 412. The van der Waals surface area contributed by atoms with Crippen LogP contribution in [0, 0.1) is 0 Å². The molecule has 1 atom stereocenters. The van der Waals surface area contributed by atoms with Crippen LogP contribution in [0.3, 0.4) is 0 Å². The number of methoxy groups -OCH3 is 2. The molecule has 0 aromatic heterocycles. The molecule has 5 heteroatoms. The molecule has 0 aliphatic rings. The molecule has 0 heterocycles. The van der Waals surface area contributed by atoms with Crippen LogP contribution in [0.2, 0.25) is 0 Å². The average Bonchev–Trinajstić information content (AvgIpc) is 2.40. The van der Waals surface area contributed by atoms with Crippen LogP contribution in [-0.2, 0) is 9.47 Å². The lowest BCUT2D eigenvalue weighted by molar-refractivity contribution is 0.171. The van der Waals surface area contributed by atoms with Gasteiger partial charge in [0.1, 0.15) is 4.99 Å². The Hall–Kier alpha value is -1.17. The predicted molar refractivity (Wildman–Crippen MR) is 82.9 cm³/mol. The summed E-state index contributed by atoms with van der Waals surface area (Å²) < 4.78 is 10.4. The predicted octanol–water partition coefficient (Wildman–Crippen LogP) is 1.81. The molecule has 106 valence electrons. The zero-order chi connectivity index (χ0) is 14.3. The summed E-state index contributed by atoms with van der Waals surface area (Å²) in [5, 5.41) is 0. The average molecular weight is 282 g/mol. The van der Waals surface area contributed by atoms with Crippen LogP contribution < -0.4 is 10.6 Å². The van der Waals surface area contributed by atoms with Gasteiger partial charge in [-0.3, -0.25) is 0 Å². The lowest BCUT2D eigenvalue weighted by Gasteiger charge is -2.32. The number of anilines is 1. The molecule has 0 spiro atoms. The topological polar surface area (TPSA) is 47.7 Å². The van der Waals surface area contributed by atoms with Crippen LogP contribution in [0.15, 0.2) is 24.3 Å². The number of hydrogen-bond acceptors (Lipinski definition) is 4. The molecule has 19 heavy (non-hydrogen) atoms. The minimum atomic E-state index is 0.218. The van der Waals surface area contributed by atoms with E-state index in [4.69, 9.17) is 27.4 Å². The summed E-state index contributed by atoms with van der Waals surface area (Å²) in [4.78, 5) is 2.62. The monoisotopic (exact) mass is 282 g/mol. The van der Waals surface area contributed by atoms with Gasteiger partial charge in [0.05, 0.1) is 13.2 Å². The van der Waals surface area contributed by atoms with Gasteiger partial charge in [0, 0.05) is 38.1 Å². The quantitative estimate of drug-likeness (QED) is 0.737. The molecule has 1 unspecified atom stereocenters. The van der Waals surface area contributed by atoms with Gasteiger partial charge < -0.3 is 20.1 Å². The molecular formula is C14H22N2O2S. The van der Waals surface area contributed by atoms with E-state index >= 15 is 0 Å². The maximum absolute atomic E-state index is 5.80. The second-order valence-corrected chi connectivity index (χ2v) is 4.81. The van der Waals surface area contributed by atoms with Crippen molar-refractivity contribution in [3.05, 3.63) is 29.8 Å². The fourth-order valence-corrected chi connectivity index (χ4v) is 2.20. The standard InChI is InChI=1S/C14H22N2O2S/c1-11(10-18-3)16(8-9-17-2)13-7-5-4-6-12(13)14(15)19/h4-7,11H,8-10H2,1-3H3,(H2,15,19). The van der Waals surface area contributed by atoms with Crippen LogP contribution in [0.25, 0.3) is 0 Å². The highest BCUT2D eigenvalue weighted by Gasteiger charge is 2.18. The SMILES string of the molecule is COCCN(c1ccccc1C(N)=S)C(C)COC. The molecule has 0 aliphatic heterocycles. The van der Waals surface area contributed by atoms with E-state index in [1.54, 1.807) is 14.2 Å². The van der Waals surface area contributed by atoms with Gasteiger partial charge in [0.2, 0.25) is 0 Å². The van der Waals surface area contributed by atoms with E-state index in [0.717, 1.165) is 17.8 Å². The summed E-state index contributed by atoms with van der Waals surface area (Å²) in [7, 11) is 3.39. The van der Waals surface area contributed by atoms with Gasteiger partial charge in [-0.2, -0.15) is 0 Å². The van der Waals surface area contributed by atoms with Gasteiger partial charge in [0.25, 0.3) is 0 Å². The van der Waals surface area contributed by atoms with Gasteiger partial charge in [-0.25, -0.2) is 0 Å². The third-order valence-electron chi connectivity index (χ3n) is 2.96. The Morgan fingerprint density at radius 2 is 2.00 bits per heavy atom. The van der Waals surface area contributed by atoms with E-state index in [-0.39, 0.29) is 6.04 Å². The maximum atomic E-state index is 5.80. The third-order valence-corrected chi connectivity index (χ3v) is 3.18. The summed E-state index contributed by atoms with van der Waals surface area (Å²) >= 11 is 5.12. The maximum Gasteiger partial charge on any atom is 0.106 e. The van der Waals surface area contributed by atoms with Crippen LogP contribution in [0.5, 0.6) is 0 Å². The second-order valence-electron chi connectivity index (χ2n) is 4.37. The molecule has 0 saturated heterocycles. The van der Waals surface area contributed by atoms with Crippen molar-refractivity contribution in [1.82, 2.24) is 0 Å². The molecule has 4 nitrogen and oxygen atoms in total. The van der Waals surface area contributed by atoms with Crippen molar-refractivity contribution in [2.75, 3.05) is 38.9 Å². The lowest BCUT2D eigenvalue weighted by atomic mass is 10.1. The first-order valence-electron chi connectivity index (χ1n) is 6.25. The largest absolute Gasteiger partial charge is 0.389 e. The summed E-state index contributed by atoms with van der Waals surface area (Å²) in [6, 6.07) is 8.10. The molecule has 1 aromatic carbocycles. The third kappa shape index (κ3) is 4.45. The Balaban J connectivity index is 3.05. The van der Waals surface area contributed by atoms with Crippen molar-refractivity contribution in [3.63, 3.8) is 0 Å². The van der Waals surface area contributed by atoms with E-state index in [9.17, 15) is 0 Å². The Labute approximate surface area is 120 Å². The van der Waals surface area contributed by atoms with Crippen molar-refractivity contribution in [3.8, 4) is 0 Å². The molecular weight excluding hydrogens is 260 g/mol. The minimum absolute atomic E-state index is 0.218. The van der Waals surface area contributed by atoms with Gasteiger partial charge in [-0.15, -0.1) is 0 Å². The molecule has 0 saturated carbocycles. The van der Waals surface area contributed by atoms with Gasteiger partial charge in [0.15, 0.2) is 0 Å². The van der Waals surface area contributed by atoms with Crippen molar-refractivity contribution < 1.29 is 9.47 Å². The van der Waals surface area contributed by atoms with Crippen molar-refractivity contribution in [2.24, 2.45) is 5.73 Å². The Morgan fingerprint density at radius 3 is 2.58 bits per heavy atom. The first kappa shape index (κ1) is 15.9. The van der Waals surface area contributed by atoms with Crippen LogP contribution in [-0.4, -0.2) is 45.0 Å². The molecule has 0 amide bonds. The molecule has 0 fully saturated rings. The highest BCUT2D eigenvalue weighted by Crippen LogP contribution is 2.22. The summed E-state index contributed by atoms with van der Waals surface area (Å²) in [5.41, 5.74) is 7.71. The number of ether oxygens (including phenoxy) is 2. The Morgan fingerprint density at radius 1 is 1.32 bits per heavy atom. The molecule has 0 bridgehead atoms. The van der Waals surface area contributed by atoms with Crippen molar-refractivity contribution in [2.45, 2.75) is 13.0 Å². The molecule has 1 aromatic rings. The minimum Gasteiger partial charge on any atom is -0.389 e. The number of nitrogens with two attached hydrogens (primary N) is 1. The van der Waals surface area contributed by atoms with Crippen LogP contribution in [0.1, 0.15) is 12.5 Å². The van der Waals surface area contributed by atoms with Gasteiger partial charge in [-0.05, 0) is 19.1 Å². The van der Waals surface area contributed by atoms with Gasteiger partial charge >= 0.3 is 0 Å². The lowest BCUT2D eigenvalue weighted by Crippen LogP contribution is -2.39. The molecule has 0 aliphatic carbocycles. The first-order valence-corrected chi connectivity index (χ1v) is 6.66. The first-order chi connectivity index (χ1) is 9.11. The number of benzene rings is 1. The number of hydrogen-bond donors (Lipinski definition) is 1. The fraction of sp³-hybridized carbons (Fsp3) is 0.500. The highest BCUT2D eigenvalue weighted by molar-refractivity contribution is 7.80. The zero-order valence-corrected chi connectivity index (χ0v) is 12.6. The summed E-state index contributed by atoms with van der Waals surface area (Å²) in [6.07, 6.45) is 0. The number of rotatable bonds is 8. The van der Waals surface area contributed by atoms with E-state index in [0.29, 0.717) is 18.2 Å². The Kier molecular flexibility index (Phi) is 6.77. The number of thiocarbonyl (C=S) groups is 1. The number of para-hydroxylation sites is 1. The number of nitrogens with zero attached hydrogens (tertiary/aromatic N) is 1. The highest BCUT2D eigenvalue weighted by atomic mass is 32.1. The molecule has 2 N–H and O–H groups in total. The van der Waals surface area contributed by atoms with E-state index < -0.39 is 0 Å². The smallest absolute Gasteiger partial charge is 0.106 e. The van der Waals surface area contributed by atoms with Crippen molar-refractivity contribution in [1.29, 1.82) is 0 Å². The molecule has 1 rings (SSSR count). The van der Waals surface area contributed by atoms with E-state index in [1.165, 1.54) is 0 Å². The van der Waals surface area contributed by atoms with E-state index in [1.807, 2.05) is 24.3 Å². The summed E-state index contributed by atoms with van der Waals surface area (Å²) in [6.45, 7) is 4.14. The van der Waals surface area contributed by atoms with Crippen molar-refractivity contribution >= 4 is 22.9 Å². The van der Waals surface area contributed by atoms with Crippen LogP contribution >= 0.6 is 12.2 Å². The second kappa shape index (κ2) is 8.09. The normalized spacial score (nSPS) is 12.2.